The Morgan fingerprint density at radius 3 is 3.11 bits per heavy atom. The monoisotopic (exact) mass is 265 g/mol. The fourth-order valence-electron chi connectivity index (χ4n) is 3.42. The minimum absolute atomic E-state index is 0.723. The molecule has 3 rings (SSSR count). The second-order valence-corrected chi connectivity index (χ2v) is 6.33. The van der Waals surface area contributed by atoms with Crippen molar-refractivity contribution in [3.05, 3.63) is 16.6 Å². The molecule has 100 valence electrons. The molecule has 2 aliphatic heterocycles. The minimum Gasteiger partial charge on any atom is -0.298 e. The van der Waals surface area contributed by atoms with E-state index in [2.05, 4.69) is 27.1 Å². The second kappa shape index (κ2) is 5.68. The lowest BCUT2D eigenvalue weighted by Crippen LogP contribution is -2.58. The quantitative estimate of drug-likeness (QED) is 0.837. The van der Waals surface area contributed by atoms with E-state index < -0.39 is 0 Å². The summed E-state index contributed by atoms with van der Waals surface area (Å²) >= 11 is 1.71. The molecule has 3 heterocycles. The number of hydrogen-bond donors (Lipinski definition) is 0. The average Bonchev–Trinajstić information content (AvgIpc) is 2.91. The second-order valence-electron chi connectivity index (χ2n) is 5.62. The van der Waals surface area contributed by atoms with Crippen molar-refractivity contribution in [1.82, 2.24) is 14.8 Å². The molecule has 1 aromatic heterocycles. The molecule has 3 nitrogen and oxygen atoms in total. The van der Waals surface area contributed by atoms with Crippen LogP contribution in [0.4, 0.5) is 0 Å². The highest BCUT2D eigenvalue weighted by Crippen LogP contribution is 2.26. The number of rotatable bonds is 3. The molecule has 2 atom stereocenters. The van der Waals surface area contributed by atoms with Crippen molar-refractivity contribution in [2.24, 2.45) is 0 Å². The highest BCUT2D eigenvalue weighted by atomic mass is 32.1. The molecule has 0 saturated carbocycles. The number of thiazole rings is 1. The minimum atomic E-state index is 0.723. The van der Waals surface area contributed by atoms with Crippen molar-refractivity contribution in [2.45, 2.75) is 51.2 Å². The van der Waals surface area contributed by atoms with E-state index in [9.17, 15) is 0 Å². The number of aromatic nitrogens is 1. The van der Waals surface area contributed by atoms with Crippen LogP contribution in [0.3, 0.4) is 0 Å². The van der Waals surface area contributed by atoms with Crippen LogP contribution >= 0.6 is 11.3 Å². The van der Waals surface area contributed by atoms with E-state index in [1.807, 2.05) is 5.51 Å². The molecule has 0 aromatic carbocycles. The zero-order valence-electron chi connectivity index (χ0n) is 11.2. The van der Waals surface area contributed by atoms with E-state index in [-0.39, 0.29) is 0 Å². The maximum Gasteiger partial charge on any atom is 0.0795 e. The highest BCUT2D eigenvalue weighted by Gasteiger charge is 2.34. The van der Waals surface area contributed by atoms with Gasteiger partial charge in [0.25, 0.3) is 0 Å². The number of nitrogens with zero attached hydrogens (tertiary/aromatic N) is 3. The fourth-order valence-corrected chi connectivity index (χ4v) is 3.97. The third kappa shape index (κ3) is 2.60. The number of piperidine rings is 1. The molecule has 2 saturated heterocycles. The number of fused-ring (bicyclic) bond motifs is 1. The molecule has 0 amide bonds. The SMILES string of the molecule is CCC1CN2CCCCC2CN1Cc1cscn1. The van der Waals surface area contributed by atoms with Gasteiger partial charge in [-0.1, -0.05) is 13.3 Å². The Morgan fingerprint density at radius 2 is 2.33 bits per heavy atom. The predicted molar refractivity (Wildman–Crippen MR) is 75.8 cm³/mol. The van der Waals surface area contributed by atoms with Gasteiger partial charge in [0.05, 0.1) is 11.2 Å². The van der Waals surface area contributed by atoms with E-state index in [1.165, 1.54) is 51.0 Å². The summed E-state index contributed by atoms with van der Waals surface area (Å²) in [6.45, 7) is 7.21. The van der Waals surface area contributed by atoms with Gasteiger partial charge in [0, 0.05) is 37.1 Å². The van der Waals surface area contributed by atoms with Crippen molar-refractivity contribution in [3.8, 4) is 0 Å². The lowest BCUT2D eigenvalue weighted by Gasteiger charge is -2.48. The van der Waals surface area contributed by atoms with Gasteiger partial charge in [0.2, 0.25) is 0 Å². The van der Waals surface area contributed by atoms with Crippen molar-refractivity contribution in [3.63, 3.8) is 0 Å². The van der Waals surface area contributed by atoms with Gasteiger partial charge in [-0.3, -0.25) is 9.80 Å². The summed E-state index contributed by atoms with van der Waals surface area (Å²) in [5, 5.41) is 2.19. The normalized spacial score (nSPS) is 30.3. The van der Waals surface area contributed by atoms with Gasteiger partial charge in [-0.15, -0.1) is 11.3 Å². The number of hydrogen-bond acceptors (Lipinski definition) is 4. The molecule has 2 unspecified atom stereocenters. The van der Waals surface area contributed by atoms with Gasteiger partial charge in [-0.2, -0.15) is 0 Å². The van der Waals surface area contributed by atoms with Crippen LogP contribution in [0, 0.1) is 0 Å². The lowest BCUT2D eigenvalue weighted by atomic mass is 9.96. The first-order valence-corrected chi connectivity index (χ1v) is 8.16. The van der Waals surface area contributed by atoms with Crippen LogP contribution in [-0.4, -0.2) is 46.5 Å². The van der Waals surface area contributed by atoms with Crippen molar-refractivity contribution in [2.75, 3.05) is 19.6 Å². The zero-order valence-corrected chi connectivity index (χ0v) is 12.0. The topological polar surface area (TPSA) is 19.4 Å². The Morgan fingerprint density at radius 1 is 1.39 bits per heavy atom. The summed E-state index contributed by atoms with van der Waals surface area (Å²) in [5.41, 5.74) is 3.20. The van der Waals surface area contributed by atoms with Gasteiger partial charge in [0.15, 0.2) is 0 Å². The predicted octanol–water partition coefficient (Wildman–Crippen LogP) is 2.59. The van der Waals surface area contributed by atoms with Crippen LogP contribution in [0.5, 0.6) is 0 Å². The van der Waals surface area contributed by atoms with E-state index >= 15 is 0 Å². The first kappa shape index (κ1) is 12.6. The molecule has 0 N–H and O–H groups in total. The Hall–Kier alpha value is -0.450. The van der Waals surface area contributed by atoms with E-state index in [0.29, 0.717) is 0 Å². The molecule has 0 radical (unpaired) electrons. The lowest BCUT2D eigenvalue weighted by molar-refractivity contribution is 0.00277. The highest BCUT2D eigenvalue weighted by molar-refractivity contribution is 7.07. The van der Waals surface area contributed by atoms with E-state index in [4.69, 9.17) is 0 Å². The summed E-state index contributed by atoms with van der Waals surface area (Å²) in [6.07, 6.45) is 5.47. The summed E-state index contributed by atoms with van der Waals surface area (Å²) in [6, 6.07) is 1.53. The van der Waals surface area contributed by atoms with Crippen molar-refractivity contribution in [1.29, 1.82) is 0 Å². The molecule has 0 spiro atoms. The van der Waals surface area contributed by atoms with Gasteiger partial charge < -0.3 is 0 Å². The zero-order chi connectivity index (χ0) is 12.4. The third-order valence-corrected chi connectivity index (χ3v) is 5.11. The van der Waals surface area contributed by atoms with Gasteiger partial charge in [0.1, 0.15) is 0 Å². The van der Waals surface area contributed by atoms with Crippen LogP contribution in [0.2, 0.25) is 0 Å². The summed E-state index contributed by atoms with van der Waals surface area (Å²) in [5.74, 6) is 0. The molecule has 4 heteroatoms. The molecule has 2 fully saturated rings. The average molecular weight is 265 g/mol. The van der Waals surface area contributed by atoms with Gasteiger partial charge in [-0.05, 0) is 25.8 Å². The molecule has 18 heavy (non-hydrogen) atoms. The Kier molecular flexibility index (Phi) is 3.97. The Bertz CT molecular complexity index is 365. The largest absolute Gasteiger partial charge is 0.298 e. The van der Waals surface area contributed by atoms with E-state index in [1.54, 1.807) is 11.3 Å². The molecular formula is C14H23N3S. The number of piperazine rings is 1. The maximum atomic E-state index is 4.45. The van der Waals surface area contributed by atoms with Crippen LogP contribution in [-0.2, 0) is 6.54 Å². The smallest absolute Gasteiger partial charge is 0.0795 e. The summed E-state index contributed by atoms with van der Waals surface area (Å²) < 4.78 is 0. The van der Waals surface area contributed by atoms with Crippen LogP contribution in [0.15, 0.2) is 10.9 Å². The van der Waals surface area contributed by atoms with Crippen molar-refractivity contribution >= 4 is 11.3 Å². The Balaban J connectivity index is 1.68. The summed E-state index contributed by atoms with van der Waals surface area (Å²) in [4.78, 5) is 9.85. The maximum absolute atomic E-state index is 4.45. The summed E-state index contributed by atoms with van der Waals surface area (Å²) in [7, 11) is 0. The fraction of sp³-hybridized carbons (Fsp3) is 0.786. The molecular weight excluding hydrogens is 242 g/mol. The first-order chi connectivity index (χ1) is 8.86. The Labute approximate surface area is 114 Å². The van der Waals surface area contributed by atoms with Crippen LogP contribution in [0.1, 0.15) is 38.3 Å². The molecule has 0 aliphatic carbocycles. The van der Waals surface area contributed by atoms with Gasteiger partial charge in [-0.25, -0.2) is 4.98 Å². The van der Waals surface area contributed by atoms with Gasteiger partial charge >= 0.3 is 0 Å². The van der Waals surface area contributed by atoms with Crippen molar-refractivity contribution < 1.29 is 0 Å². The first-order valence-electron chi connectivity index (χ1n) is 7.22. The van der Waals surface area contributed by atoms with Crippen LogP contribution < -0.4 is 0 Å². The van der Waals surface area contributed by atoms with E-state index in [0.717, 1.165) is 18.6 Å². The standard InChI is InChI=1S/C14H23N3S/c1-2-13-8-16-6-4-3-5-14(16)9-17(13)7-12-10-18-11-15-12/h10-11,13-14H,2-9H2,1H3. The van der Waals surface area contributed by atoms with Crippen LogP contribution in [0.25, 0.3) is 0 Å². The third-order valence-electron chi connectivity index (χ3n) is 4.48. The molecule has 1 aromatic rings. The molecule has 2 aliphatic rings. The molecule has 0 bridgehead atoms.